The molecule has 2 saturated heterocycles. The molecule has 2 aliphatic heterocycles. The SMILES string of the molecule is CNC(C)(CO)CC(C)N1CCC2CCC(C1)N2C. The molecule has 2 heterocycles. The van der Waals surface area contributed by atoms with Crippen molar-refractivity contribution in [2.24, 2.45) is 0 Å². The molecular formula is C15H31N3O. The molecule has 0 aromatic heterocycles. The highest BCUT2D eigenvalue weighted by molar-refractivity contribution is 4.94. The number of hydrogen-bond acceptors (Lipinski definition) is 4. The van der Waals surface area contributed by atoms with Crippen molar-refractivity contribution in [3.63, 3.8) is 0 Å². The van der Waals surface area contributed by atoms with E-state index in [9.17, 15) is 5.11 Å². The summed E-state index contributed by atoms with van der Waals surface area (Å²) in [7, 11) is 4.24. The Morgan fingerprint density at radius 2 is 2.00 bits per heavy atom. The van der Waals surface area contributed by atoms with Gasteiger partial charge in [-0.2, -0.15) is 0 Å². The second kappa shape index (κ2) is 6.08. The fraction of sp³-hybridized carbons (Fsp3) is 1.00. The fourth-order valence-corrected chi connectivity index (χ4v) is 3.76. The van der Waals surface area contributed by atoms with Crippen LogP contribution in [0.4, 0.5) is 0 Å². The van der Waals surface area contributed by atoms with E-state index in [0.29, 0.717) is 6.04 Å². The third kappa shape index (κ3) is 3.30. The molecule has 4 heteroatoms. The second-order valence-corrected chi connectivity index (χ2v) is 6.86. The molecular weight excluding hydrogens is 238 g/mol. The van der Waals surface area contributed by atoms with Gasteiger partial charge in [-0.25, -0.2) is 0 Å². The minimum absolute atomic E-state index is 0.156. The van der Waals surface area contributed by atoms with Crippen LogP contribution >= 0.6 is 0 Å². The van der Waals surface area contributed by atoms with Crippen molar-refractivity contribution in [1.82, 2.24) is 15.1 Å². The van der Waals surface area contributed by atoms with Gasteiger partial charge in [0.05, 0.1) is 6.61 Å². The number of likely N-dealkylation sites (tertiary alicyclic amines) is 1. The van der Waals surface area contributed by atoms with Crippen molar-refractivity contribution in [2.75, 3.05) is 33.8 Å². The maximum absolute atomic E-state index is 9.55. The van der Waals surface area contributed by atoms with E-state index in [2.05, 4.69) is 36.0 Å². The summed E-state index contributed by atoms with van der Waals surface area (Å²) in [6.07, 6.45) is 5.04. The van der Waals surface area contributed by atoms with Gasteiger partial charge in [0, 0.05) is 30.2 Å². The van der Waals surface area contributed by atoms with E-state index >= 15 is 0 Å². The van der Waals surface area contributed by atoms with E-state index in [1.807, 2.05) is 7.05 Å². The zero-order valence-corrected chi connectivity index (χ0v) is 13.0. The summed E-state index contributed by atoms with van der Waals surface area (Å²) in [4.78, 5) is 5.22. The predicted molar refractivity (Wildman–Crippen MR) is 79.4 cm³/mol. The molecule has 2 fully saturated rings. The highest BCUT2D eigenvalue weighted by Gasteiger charge is 2.36. The molecule has 2 aliphatic rings. The topological polar surface area (TPSA) is 38.7 Å². The average molecular weight is 269 g/mol. The van der Waals surface area contributed by atoms with Crippen molar-refractivity contribution < 1.29 is 5.11 Å². The minimum Gasteiger partial charge on any atom is -0.394 e. The first-order valence-electron chi connectivity index (χ1n) is 7.75. The van der Waals surface area contributed by atoms with Crippen molar-refractivity contribution in [3.05, 3.63) is 0 Å². The molecule has 0 aromatic rings. The summed E-state index contributed by atoms with van der Waals surface area (Å²) in [5.74, 6) is 0. The Morgan fingerprint density at radius 1 is 1.32 bits per heavy atom. The van der Waals surface area contributed by atoms with Gasteiger partial charge in [-0.05, 0) is 60.2 Å². The lowest BCUT2D eigenvalue weighted by molar-refractivity contribution is 0.112. The molecule has 0 aliphatic carbocycles. The normalized spacial score (nSPS) is 33.9. The predicted octanol–water partition coefficient (Wildman–Crippen LogP) is 0.904. The summed E-state index contributed by atoms with van der Waals surface area (Å²) in [6.45, 7) is 7.02. The van der Waals surface area contributed by atoms with Crippen molar-refractivity contribution in [1.29, 1.82) is 0 Å². The highest BCUT2D eigenvalue weighted by Crippen LogP contribution is 2.30. The van der Waals surface area contributed by atoms with Crippen LogP contribution in [0, 0.1) is 0 Å². The molecule has 19 heavy (non-hydrogen) atoms. The number of aliphatic hydroxyl groups is 1. The minimum atomic E-state index is -0.156. The van der Waals surface area contributed by atoms with Gasteiger partial charge in [0.1, 0.15) is 0 Å². The number of rotatable bonds is 5. The van der Waals surface area contributed by atoms with E-state index in [1.54, 1.807) is 0 Å². The van der Waals surface area contributed by atoms with Crippen molar-refractivity contribution in [3.8, 4) is 0 Å². The molecule has 4 unspecified atom stereocenters. The van der Waals surface area contributed by atoms with Gasteiger partial charge < -0.3 is 10.4 Å². The van der Waals surface area contributed by atoms with Crippen LogP contribution < -0.4 is 5.32 Å². The molecule has 2 bridgehead atoms. The Hall–Kier alpha value is -0.160. The molecule has 4 atom stereocenters. The van der Waals surface area contributed by atoms with Gasteiger partial charge in [-0.3, -0.25) is 9.80 Å². The highest BCUT2D eigenvalue weighted by atomic mass is 16.3. The molecule has 0 saturated carbocycles. The Balaban J connectivity index is 1.94. The maximum atomic E-state index is 9.55. The lowest BCUT2D eigenvalue weighted by Crippen LogP contribution is -2.50. The van der Waals surface area contributed by atoms with E-state index in [4.69, 9.17) is 0 Å². The molecule has 0 aromatic carbocycles. The number of nitrogens with zero attached hydrogens (tertiary/aromatic N) is 2. The molecule has 0 spiro atoms. The molecule has 0 amide bonds. The van der Waals surface area contributed by atoms with Crippen LogP contribution in [0.3, 0.4) is 0 Å². The second-order valence-electron chi connectivity index (χ2n) is 6.86. The largest absolute Gasteiger partial charge is 0.394 e. The van der Waals surface area contributed by atoms with Gasteiger partial charge in [0.15, 0.2) is 0 Å². The molecule has 112 valence electrons. The third-order valence-electron chi connectivity index (χ3n) is 5.50. The summed E-state index contributed by atoms with van der Waals surface area (Å²) in [6, 6.07) is 2.07. The van der Waals surface area contributed by atoms with Gasteiger partial charge in [-0.15, -0.1) is 0 Å². The first-order valence-corrected chi connectivity index (χ1v) is 7.75. The number of hydrogen-bond donors (Lipinski definition) is 2. The third-order valence-corrected chi connectivity index (χ3v) is 5.50. The zero-order chi connectivity index (χ0) is 14.0. The van der Waals surface area contributed by atoms with Crippen LogP contribution in [-0.4, -0.2) is 72.4 Å². The lowest BCUT2D eigenvalue weighted by atomic mass is 9.93. The van der Waals surface area contributed by atoms with Crippen LogP contribution in [0.5, 0.6) is 0 Å². The van der Waals surface area contributed by atoms with Crippen LogP contribution in [0.25, 0.3) is 0 Å². The van der Waals surface area contributed by atoms with Crippen LogP contribution in [-0.2, 0) is 0 Å². The Morgan fingerprint density at radius 3 is 2.63 bits per heavy atom. The van der Waals surface area contributed by atoms with Gasteiger partial charge in [-0.1, -0.05) is 0 Å². The van der Waals surface area contributed by atoms with E-state index in [-0.39, 0.29) is 12.1 Å². The van der Waals surface area contributed by atoms with E-state index in [1.165, 1.54) is 32.4 Å². The number of fused-ring (bicyclic) bond motifs is 2. The monoisotopic (exact) mass is 269 g/mol. The van der Waals surface area contributed by atoms with Gasteiger partial charge in [0.2, 0.25) is 0 Å². The summed E-state index contributed by atoms with van der Waals surface area (Å²) in [5, 5.41) is 12.8. The lowest BCUT2D eigenvalue weighted by Gasteiger charge is -2.37. The molecule has 2 N–H and O–H groups in total. The quantitative estimate of drug-likeness (QED) is 0.778. The van der Waals surface area contributed by atoms with Gasteiger partial charge >= 0.3 is 0 Å². The maximum Gasteiger partial charge on any atom is 0.0611 e. The Kier molecular flexibility index (Phi) is 4.88. The zero-order valence-electron chi connectivity index (χ0n) is 13.0. The standard InChI is InChI=1S/C15H31N3O/c1-12(9-15(2,11-19)16-3)18-8-7-13-5-6-14(10-18)17(13)4/h12-14,16,19H,5-11H2,1-4H3. The number of aliphatic hydroxyl groups excluding tert-OH is 1. The van der Waals surface area contributed by atoms with Crippen LogP contribution in [0.2, 0.25) is 0 Å². The first-order chi connectivity index (χ1) is 8.99. The average Bonchev–Trinajstić information content (AvgIpc) is 2.62. The number of likely N-dealkylation sites (N-methyl/N-ethyl adjacent to an activating group) is 2. The summed E-state index contributed by atoms with van der Waals surface area (Å²) >= 11 is 0. The van der Waals surface area contributed by atoms with Crippen LogP contribution in [0.15, 0.2) is 0 Å². The first kappa shape index (κ1) is 15.2. The number of nitrogens with one attached hydrogen (secondary N) is 1. The molecule has 2 rings (SSSR count). The van der Waals surface area contributed by atoms with E-state index in [0.717, 1.165) is 18.5 Å². The molecule has 4 nitrogen and oxygen atoms in total. The van der Waals surface area contributed by atoms with Gasteiger partial charge in [0.25, 0.3) is 0 Å². The summed E-state index contributed by atoms with van der Waals surface area (Å²) < 4.78 is 0. The Labute approximate surface area is 118 Å². The van der Waals surface area contributed by atoms with Crippen LogP contribution in [0.1, 0.15) is 39.5 Å². The smallest absolute Gasteiger partial charge is 0.0611 e. The van der Waals surface area contributed by atoms with Crippen molar-refractivity contribution >= 4 is 0 Å². The fourth-order valence-electron chi connectivity index (χ4n) is 3.76. The van der Waals surface area contributed by atoms with Crippen molar-refractivity contribution in [2.45, 2.75) is 63.2 Å². The molecule has 0 radical (unpaired) electrons. The Bertz CT molecular complexity index is 293. The van der Waals surface area contributed by atoms with E-state index < -0.39 is 0 Å². The summed E-state index contributed by atoms with van der Waals surface area (Å²) in [5.41, 5.74) is -0.156.